The Labute approximate surface area is 185 Å². The molecule has 0 atom stereocenters. The number of benzene rings is 1. The van der Waals surface area contributed by atoms with Gasteiger partial charge in [-0.05, 0) is 68.1 Å². The third-order valence-electron chi connectivity index (χ3n) is 5.99. The number of likely N-dealkylation sites (tertiary alicyclic amines) is 1. The number of carbonyl (C=O) groups is 2. The number of nitrogens with zero attached hydrogens (tertiary/aromatic N) is 3. The second-order valence-corrected chi connectivity index (χ2v) is 8.23. The van der Waals surface area contributed by atoms with Crippen LogP contribution < -0.4 is 10.1 Å². The molecule has 1 aliphatic rings. The molecule has 4 rings (SSSR count). The van der Waals surface area contributed by atoms with Crippen LogP contribution in [0.1, 0.15) is 44.9 Å². The predicted octanol–water partition coefficient (Wildman–Crippen LogP) is 2.62. The molecule has 0 unspecified atom stereocenters. The lowest BCUT2D eigenvalue weighted by molar-refractivity contribution is 0.0689. The van der Waals surface area contributed by atoms with Gasteiger partial charge in [-0.25, -0.2) is 9.78 Å². The van der Waals surface area contributed by atoms with Crippen LogP contribution in [0.2, 0.25) is 0 Å². The SMILES string of the molecule is COc1ccc2[nH]nc(C(=O)NCC3CCN(Cc4cnc(C(=O)O)c(C)c4)CC3)c2c1. The number of nitrogens with one attached hydrogen (secondary N) is 2. The van der Waals surface area contributed by atoms with E-state index in [1.165, 1.54) is 0 Å². The highest BCUT2D eigenvalue weighted by molar-refractivity contribution is 6.05. The van der Waals surface area contributed by atoms with Gasteiger partial charge in [0.15, 0.2) is 11.4 Å². The van der Waals surface area contributed by atoms with Gasteiger partial charge in [-0.1, -0.05) is 6.07 Å². The number of carbonyl (C=O) groups excluding carboxylic acids is 1. The normalized spacial score (nSPS) is 15.1. The summed E-state index contributed by atoms with van der Waals surface area (Å²) < 4.78 is 5.25. The first-order chi connectivity index (χ1) is 15.4. The minimum atomic E-state index is -1.00. The Morgan fingerprint density at radius 3 is 2.72 bits per heavy atom. The summed E-state index contributed by atoms with van der Waals surface area (Å²) in [5.74, 6) is -0.0987. The third-order valence-corrected chi connectivity index (χ3v) is 5.99. The summed E-state index contributed by atoms with van der Waals surface area (Å²) in [6.45, 7) is 4.96. The van der Waals surface area contributed by atoms with Crippen molar-refractivity contribution in [1.29, 1.82) is 0 Å². The highest BCUT2D eigenvalue weighted by Crippen LogP contribution is 2.23. The van der Waals surface area contributed by atoms with Gasteiger partial charge >= 0.3 is 5.97 Å². The average molecular weight is 438 g/mol. The molecule has 0 saturated carbocycles. The van der Waals surface area contributed by atoms with Crippen LogP contribution >= 0.6 is 0 Å². The summed E-state index contributed by atoms with van der Waals surface area (Å²) in [6, 6.07) is 7.38. The van der Waals surface area contributed by atoms with Gasteiger partial charge in [-0.3, -0.25) is 14.8 Å². The third kappa shape index (κ3) is 4.72. The molecule has 3 heterocycles. The number of aromatic nitrogens is 3. The number of amides is 1. The lowest BCUT2D eigenvalue weighted by Gasteiger charge is -2.32. The zero-order valence-corrected chi connectivity index (χ0v) is 18.2. The summed E-state index contributed by atoms with van der Waals surface area (Å²) in [6.07, 6.45) is 3.61. The number of pyridine rings is 1. The van der Waals surface area contributed by atoms with Crippen molar-refractivity contribution in [2.45, 2.75) is 26.3 Å². The monoisotopic (exact) mass is 437 g/mol. The van der Waals surface area contributed by atoms with Gasteiger partial charge in [0.25, 0.3) is 5.91 Å². The fourth-order valence-corrected chi connectivity index (χ4v) is 4.16. The fraction of sp³-hybridized carbons (Fsp3) is 0.391. The van der Waals surface area contributed by atoms with Crippen LogP contribution in [0.4, 0.5) is 0 Å². The molecule has 0 spiro atoms. The number of methoxy groups -OCH3 is 1. The van der Waals surface area contributed by atoms with E-state index in [9.17, 15) is 9.59 Å². The molecule has 3 aromatic rings. The number of aromatic carboxylic acids is 1. The molecule has 1 aliphatic heterocycles. The molecular formula is C23H27N5O4. The van der Waals surface area contributed by atoms with Crippen LogP contribution in [0.5, 0.6) is 5.75 Å². The Balaban J connectivity index is 1.28. The van der Waals surface area contributed by atoms with E-state index in [0.29, 0.717) is 29.5 Å². The molecule has 1 amide bonds. The molecule has 3 N–H and O–H groups in total. The lowest BCUT2D eigenvalue weighted by atomic mass is 9.96. The van der Waals surface area contributed by atoms with Crippen molar-refractivity contribution in [3.8, 4) is 5.75 Å². The number of piperidine rings is 1. The molecule has 9 heteroatoms. The van der Waals surface area contributed by atoms with E-state index in [4.69, 9.17) is 9.84 Å². The van der Waals surface area contributed by atoms with Gasteiger partial charge < -0.3 is 15.2 Å². The van der Waals surface area contributed by atoms with E-state index >= 15 is 0 Å². The van der Waals surface area contributed by atoms with Crippen molar-refractivity contribution in [3.05, 3.63) is 53.0 Å². The first kappa shape index (κ1) is 21.8. The molecule has 0 bridgehead atoms. The van der Waals surface area contributed by atoms with Crippen LogP contribution in [0.15, 0.2) is 30.5 Å². The number of fused-ring (bicyclic) bond motifs is 1. The number of hydrogen-bond acceptors (Lipinski definition) is 6. The molecule has 168 valence electrons. The summed E-state index contributed by atoms with van der Waals surface area (Å²) in [5, 5.41) is 20.0. The molecule has 9 nitrogen and oxygen atoms in total. The van der Waals surface area contributed by atoms with Crippen LogP contribution in [0.25, 0.3) is 10.9 Å². The van der Waals surface area contributed by atoms with Crippen LogP contribution in [0.3, 0.4) is 0 Å². The number of aryl methyl sites for hydroxylation is 1. The van der Waals surface area contributed by atoms with Crippen molar-refractivity contribution in [2.24, 2.45) is 5.92 Å². The van der Waals surface area contributed by atoms with Crippen molar-refractivity contribution < 1.29 is 19.4 Å². The largest absolute Gasteiger partial charge is 0.497 e. The zero-order valence-electron chi connectivity index (χ0n) is 18.2. The second kappa shape index (κ2) is 9.35. The number of carboxylic acids is 1. The fourth-order valence-electron chi connectivity index (χ4n) is 4.16. The Bertz CT molecular complexity index is 1130. The second-order valence-electron chi connectivity index (χ2n) is 8.23. The van der Waals surface area contributed by atoms with Crippen LogP contribution in [-0.4, -0.2) is 63.8 Å². The predicted molar refractivity (Wildman–Crippen MR) is 119 cm³/mol. The van der Waals surface area contributed by atoms with E-state index in [-0.39, 0.29) is 11.6 Å². The number of hydrogen-bond donors (Lipinski definition) is 3. The number of H-pyrrole nitrogens is 1. The van der Waals surface area contributed by atoms with Gasteiger partial charge in [0.1, 0.15) is 5.75 Å². The maximum atomic E-state index is 12.7. The van der Waals surface area contributed by atoms with Gasteiger partial charge in [0.05, 0.1) is 12.6 Å². The summed E-state index contributed by atoms with van der Waals surface area (Å²) in [5.41, 5.74) is 2.97. The van der Waals surface area contributed by atoms with Crippen molar-refractivity contribution in [2.75, 3.05) is 26.7 Å². The van der Waals surface area contributed by atoms with Crippen molar-refractivity contribution in [1.82, 2.24) is 25.4 Å². The Kier molecular flexibility index (Phi) is 6.36. The minimum absolute atomic E-state index is 0.103. The van der Waals surface area contributed by atoms with Gasteiger partial charge in [-0.15, -0.1) is 0 Å². The molecule has 1 fully saturated rings. The van der Waals surface area contributed by atoms with Crippen LogP contribution in [0, 0.1) is 12.8 Å². The standard InChI is InChI=1S/C23H27N5O4/c1-14-9-16(12-24-20(14)23(30)31)13-28-7-5-15(6-8-28)11-25-22(29)21-18-10-17(32-2)3-4-19(18)26-27-21/h3-4,9-10,12,15H,5-8,11,13H2,1-2H3,(H,25,29)(H,26,27)(H,30,31). The van der Waals surface area contributed by atoms with E-state index in [2.05, 4.69) is 25.4 Å². The first-order valence-corrected chi connectivity index (χ1v) is 10.7. The minimum Gasteiger partial charge on any atom is -0.497 e. The lowest BCUT2D eigenvalue weighted by Crippen LogP contribution is -2.38. The molecule has 0 aliphatic carbocycles. The molecule has 32 heavy (non-hydrogen) atoms. The van der Waals surface area contributed by atoms with Crippen LogP contribution in [-0.2, 0) is 6.54 Å². The molecule has 2 aromatic heterocycles. The zero-order chi connectivity index (χ0) is 22.7. The number of ether oxygens (including phenoxy) is 1. The van der Waals surface area contributed by atoms with E-state index in [1.807, 2.05) is 24.3 Å². The Morgan fingerprint density at radius 1 is 1.25 bits per heavy atom. The van der Waals surface area contributed by atoms with E-state index in [1.54, 1.807) is 20.2 Å². The number of aromatic amines is 1. The van der Waals surface area contributed by atoms with Crippen molar-refractivity contribution in [3.63, 3.8) is 0 Å². The maximum absolute atomic E-state index is 12.7. The Morgan fingerprint density at radius 2 is 2.03 bits per heavy atom. The van der Waals surface area contributed by atoms with Gasteiger partial charge in [0, 0.05) is 24.7 Å². The molecule has 1 aromatic carbocycles. The maximum Gasteiger partial charge on any atom is 0.354 e. The first-order valence-electron chi connectivity index (χ1n) is 10.7. The molecular weight excluding hydrogens is 410 g/mol. The van der Waals surface area contributed by atoms with Gasteiger partial charge in [-0.2, -0.15) is 5.10 Å². The number of rotatable bonds is 7. The molecule has 0 radical (unpaired) electrons. The highest BCUT2D eigenvalue weighted by atomic mass is 16.5. The quantitative estimate of drug-likeness (QED) is 0.520. The molecule has 1 saturated heterocycles. The smallest absolute Gasteiger partial charge is 0.354 e. The summed E-state index contributed by atoms with van der Waals surface area (Å²) in [7, 11) is 1.59. The van der Waals surface area contributed by atoms with E-state index in [0.717, 1.165) is 48.9 Å². The highest BCUT2D eigenvalue weighted by Gasteiger charge is 2.22. The number of carboxylic acid groups (broad SMARTS) is 1. The summed E-state index contributed by atoms with van der Waals surface area (Å²) in [4.78, 5) is 30.2. The Hall–Kier alpha value is -3.46. The van der Waals surface area contributed by atoms with E-state index < -0.39 is 5.97 Å². The topological polar surface area (TPSA) is 120 Å². The van der Waals surface area contributed by atoms with Crippen molar-refractivity contribution >= 4 is 22.8 Å². The van der Waals surface area contributed by atoms with Gasteiger partial charge in [0.2, 0.25) is 0 Å². The average Bonchev–Trinajstić information content (AvgIpc) is 3.21. The summed E-state index contributed by atoms with van der Waals surface area (Å²) >= 11 is 0.